The van der Waals surface area contributed by atoms with Crippen molar-refractivity contribution in [2.45, 2.75) is 26.2 Å². The van der Waals surface area contributed by atoms with Gasteiger partial charge < -0.3 is 14.7 Å². The maximum Gasteiger partial charge on any atom is 0.325 e. The van der Waals surface area contributed by atoms with Gasteiger partial charge in [-0.3, -0.25) is 14.4 Å². The van der Waals surface area contributed by atoms with Gasteiger partial charge in [0, 0.05) is 19.9 Å². The summed E-state index contributed by atoms with van der Waals surface area (Å²) in [7, 11) is 1.52. The Kier molecular flexibility index (Phi) is 6.91. The number of hydrogen-bond donors (Lipinski definition) is 1. The number of esters is 1. The Morgan fingerprint density at radius 3 is 2.44 bits per heavy atom. The predicted molar refractivity (Wildman–Crippen MR) is 55.8 cm³/mol. The van der Waals surface area contributed by atoms with Crippen molar-refractivity contribution in [3.05, 3.63) is 0 Å². The standard InChI is InChI=1S/C10H17NO5/c1-3-8(12)11(2)7-10(15)16-6-4-5-9(13)14/h3-7H2,1-2H3,(H,13,14). The number of carbonyl (C=O) groups excluding carboxylic acids is 2. The molecule has 0 aliphatic heterocycles. The highest BCUT2D eigenvalue weighted by atomic mass is 16.5. The number of rotatable bonds is 7. The highest BCUT2D eigenvalue weighted by Gasteiger charge is 2.11. The van der Waals surface area contributed by atoms with E-state index in [1.807, 2.05) is 0 Å². The molecular weight excluding hydrogens is 214 g/mol. The van der Waals surface area contributed by atoms with Gasteiger partial charge in [-0.15, -0.1) is 0 Å². The SMILES string of the molecule is CCC(=O)N(C)CC(=O)OCCCC(=O)O. The zero-order valence-electron chi connectivity index (χ0n) is 9.56. The van der Waals surface area contributed by atoms with E-state index in [2.05, 4.69) is 0 Å². The quantitative estimate of drug-likeness (QED) is 0.502. The van der Waals surface area contributed by atoms with Gasteiger partial charge in [0.25, 0.3) is 0 Å². The van der Waals surface area contributed by atoms with E-state index in [1.165, 1.54) is 11.9 Å². The maximum atomic E-state index is 11.2. The Morgan fingerprint density at radius 2 is 1.94 bits per heavy atom. The molecule has 0 saturated heterocycles. The molecule has 0 radical (unpaired) electrons. The van der Waals surface area contributed by atoms with Crippen LogP contribution in [0.4, 0.5) is 0 Å². The molecular formula is C10H17NO5. The first kappa shape index (κ1) is 14.4. The third kappa shape index (κ3) is 6.80. The molecule has 0 aromatic carbocycles. The number of amides is 1. The van der Waals surface area contributed by atoms with Crippen LogP contribution >= 0.6 is 0 Å². The molecule has 0 aliphatic carbocycles. The third-order valence-electron chi connectivity index (χ3n) is 1.89. The van der Waals surface area contributed by atoms with Crippen LogP contribution in [0.2, 0.25) is 0 Å². The highest BCUT2D eigenvalue weighted by molar-refractivity contribution is 5.81. The number of carboxylic acids is 1. The largest absolute Gasteiger partial charge is 0.481 e. The van der Waals surface area contributed by atoms with Crippen LogP contribution in [0, 0.1) is 0 Å². The van der Waals surface area contributed by atoms with Gasteiger partial charge in [0.05, 0.1) is 6.61 Å². The minimum absolute atomic E-state index is 0.0307. The van der Waals surface area contributed by atoms with Crippen LogP contribution < -0.4 is 0 Å². The van der Waals surface area contributed by atoms with Crippen LogP contribution in [0.1, 0.15) is 26.2 Å². The fraction of sp³-hybridized carbons (Fsp3) is 0.700. The van der Waals surface area contributed by atoms with Gasteiger partial charge in [-0.1, -0.05) is 6.92 Å². The number of likely N-dealkylation sites (N-methyl/N-ethyl adjacent to an activating group) is 1. The van der Waals surface area contributed by atoms with Crippen LogP contribution in [-0.4, -0.2) is 48.1 Å². The van der Waals surface area contributed by atoms with Crippen LogP contribution in [0.3, 0.4) is 0 Å². The van der Waals surface area contributed by atoms with E-state index in [1.54, 1.807) is 6.92 Å². The zero-order chi connectivity index (χ0) is 12.6. The second-order valence-corrected chi connectivity index (χ2v) is 3.32. The molecule has 1 N–H and O–H groups in total. The summed E-state index contributed by atoms with van der Waals surface area (Å²) in [5.41, 5.74) is 0. The molecule has 1 amide bonds. The van der Waals surface area contributed by atoms with Crippen molar-refractivity contribution in [1.29, 1.82) is 0 Å². The van der Waals surface area contributed by atoms with E-state index in [9.17, 15) is 14.4 Å². The summed E-state index contributed by atoms with van der Waals surface area (Å²) in [5.74, 6) is -1.58. The summed E-state index contributed by atoms with van der Waals surface area (Å²) in [5, 5.41) is 8.34. The van der Waals surface area contributed by atoms with Gasteiger partial charge in [-0.25, -0.2) is 0 Å². The minimum atomic E-state index is -0.922. The summed E-state index contributed by atoms with van der Waals surface area (Å²) < 4.78 is 4.76. The van der Waals surface area contributed by atoms with Crippen LogP contribution in [-0.2, 0) is 19.1 Å². The normalized spacial score (nSPS) is 9.62. The molecule has 0 atom stereocenters. The molecule has 0 aromatic heterocycles. The first-order valence-electron chi connectivity index (χ1n) is 5.08. The van der Waals surface area contributed by atoms with Crippen molar-refractivity contribution in [2.24, 2.45) is 0 Å². The number of carbonyl (C=O) groups is 3. The van der Waals surface area contributed by atoms with Crippen molar-refractivity contribution < 1.29 is 24.2 Å². The highest BCUT2D eigenvalue weighted by Crippen LogP contribution is 1.94. The van der Waals surface area contributed by atoms with Gasteiger partial charge in [0.2, 0.25) is 5.91 Å². The molecule has 6 nitrogen and oxygen atoms in total. The summed E-state index contributed by atoms with van der Waals surface area (Å²) >= 11 is 0. The Balaban J connectivity index is 3.66. The lowest BCUT2D eigenvalue weighted by Crippen LogP contribution is -2.32. The second-order valence-electron chi connectivity index (χ2n) is 3.32. The fourth-order valence-electron chi connectivity index (χ4n) is 1.01. The summed E-state index contributed by atoms with van der Waals surface area (Å²) in [6, 6.07) is 0. The zero-order valence-corrected chi connectivity index (χ0v) is 9.56. The molecule has 0 heterocycles. The van der Waals surface area contributed by atoms with Crippen molar-refractivity contribution in [2.75, 3.05) is 20.2 Å². The minimum Gasteiger partial charge on any atom is -0.481 e. The molecule has 0 rings (SSSR count). The van der Waals surface area contributed by atoms with E-state index in [0.29, 0.717) is 6.42 Å². The lowest BCUT2D eigenvalue weighted by atomic mass is 10.3. The van der Waals surface area contributed by atoms with Crippen molar-refractivity contribution in [1.82, 2.24) is 4.90 Å². The van der Waals surface area contributed by atoms with E-state index >= 15 is 0 Å². The van der Waals surface area contributed by atoms with Crippen LogP contribution in [0.5, 0.6) is 0 Å². The summed E-state index contributed by atoms with van der Waals surface area (Å²) in [6.07, 6.45) is 0.590. The Morgan fingerprint density at radius 1 is 1.31 bits per heavy atom. The fourth-order valence-corrected chi connectivity index (χ4v) is 1.01. The summed E-state index contributed by atoms with van der Waals surface area (Å²) in [6.45, 7) is 1.68. The van der Waals surface area contributed by atoms with E-state index < -0.39 is 11.9 Å². The van der Waals surface area contributed by atoms with Gasteiger partial charge in [-0.2, -0.15) is 0 Å². The molecule has 0 aromatic rings. The topological polar surface area (TPSA) is 83.9 Å². The van der Waals surface area contributed by atoms with Gasteiger partial charge in [0.15, 0.2) is 0 Å². The van der Waals surface area contributed by atoms with Crippen LogP contribution in [0.25, 0.3) is 0 Å². The molecule has 0 fully saturated rings. The molecule has 16 heavy (non-hydrogen) atoms. The predicted octanol–water partition coefficient (Wildman–Crippen LogP) is 0.263. The maximum absolute atomic E-state index is 11.2. The van der Waals surface area contributed by atoms with Crippen molar-refractivity contribution in [3.63, 3.8) is 0 Å². The number of ether oxygens (including phenoxy) is 1. The number of aliphatic carboxylic acids is 1. The van der Waals surface area contributed by atoms with Crippen molar-refractivity contribution >= 4 is 17.8 Å². The van der Waals surface area contributed by atoms with Gasteiger partial charge in [0.1, 0.15) is 6.54 Å². The smallest absolute Gasteiger partial charge is 0.325 e. The molecule has 0 saturated carbocycles. The van der Waals surface area contributed by atoms with Gasteiger partial charge in [-0.05, 0) is 6.42 Å². The molecule has 92 valence electrons. The van der Waals surface area contributed by atoms with E-state index in [4.69, 9.17) is 9.84 Å². The number of nitrogens with zero attached hydrogens (tertiary/aromatic N) is 1. The Labute approximate surface area is 94.2 Å². The monoisotopic (exact) mass is 231 g/mol. The van der Waals surface area contributed by atoms with Crippen LogP contribution in [0.15, 0.2) is 0 Å². The molecule has 0 spiro atoms. The average molecular weight is 231 g/mol. The summed E-state index contributed by atoms with van der Waals surface area (Å²) in [4.78, 5) is 33.7. The third-order valence-corrected chi connectivity index (χ3v) is 1.89. The van der Waals surface area contributed by atoms with E-state index in [0.717, 1.165) is 0 Å². The lowest BCUT2D eigenvalue weighted by Gasteiger charge is -2.14. The Bertz CT molecular complexity index is 264. The van der Waals surface area contributed by atoms with E-state index in [-0.39, 0.29) is 31.9 Å². The second kappa shape index (κ2) is 7.67. The number of carboxylic acid groups (broad SMARTS) is 1. The Hall–Kier alpha value is -1.59. The molecule has 6 heteroatoms. The molecule has 0 aliphatic rings. The van der Waals surface area contributed by atoms with Gasteiger partial charge >= 0.3 is 11.9 Å². The molecule has 0 bridgehead atoms. The first-order chi connectivity index (χ1) is 7.47. The lowest BCUT2D eigenvalue weighted by molar-refractivity contribution is -0.149. The van der Waals surface area contributed by atoms with Crippen molar-refractivity contribution in [3.8, 4) is 0 Å². The average Bonchev–Trinajstić information content (AvgIpc) is 2.22. The number of hydrogen-bond acceptors (Lipinski definition) is 4. The molecule has 0 unspecified atom stereocenters. The first-order valence-corrected chi connectivity index (χ1v) is 5.08.